The van der Waals surface area contributed by atoms with E-state index in [2.05, 4.69) is 9.97 Å². The fraction of sp³-hybridized carbons (Fsp3) is 0.308. The number of hydrogen-bond acceptors (Lipinski definition) is 8. The zero-order valence-corrected chi connectivity index (χ0v) is 20.4. The topological polar surface area (TPSA) is 105 Å². The molecular weight excluding hydrogens is 460 g/mol. The van der Waals surface area contributed by atoms with Gasteiger partial charge in [-0.05, 0) is 43.3 Å². The van der Waals surface area contributed by atoms with E-state index in [0.29, 0.717) is 48.0 Å². The van der Waals surface area contributed by atoms with Gasteiger partial charge >= 0.3 is 0 Å². The lowest BCUT2D eigenvalue weighted by Crippen LogP contribution is -2.54. The average molecular weight is 489 g/mol. The average Bonchev–Trinajstić information content (AvgIpc) is 3.37. The monoisotopic (exact) mass is 488 g/mol. The number of rotatable bonds is 6. The largest absolute Gasteiger partial charge is 0.493 e. The second-order valence-corrected chi connectivity index (χ2v) is 8.69. The SMILES string of the molecule is COc1ccc(-c2ccnc3cc(C(O)N4CCN(C(=O)c5ccncc5)[C@@H](C)C4)nn23)cc1OC. The number of carbonyl (C=O) groups is 1. The van der Waals surface area contributed by atoms with Gasteiger partial charge < -0.3 is 19.5 Å². The van der Waals surface area contributed by atoms with E-state index in [0.717, 1.165) is 11.3 Å². The van der Waals surface area contributed by atoms with Gasteiger partial charge in [0.2, 0.25) is 0 Å². The first-order valence-electron chi connectivity index (χ1n) is 11.7. The molecule has 3 aromatic heterocycles. The maximum Gasteiger partial charge on any atom is 0.254 e. The number of piperazine rings is 1. The molecule has 1 aromatic carbocycles. The number of aliphatic hydroxyl groups is 1. The zero-order valence-electron chi connectivity index (χ0n) is 20.4. The number of nitrogens with zero attached hydrogens (tertiary/aromatic N) is 6. The van der Waals surface area contributed by atoms with Gasteiger partial charge in [-0.3, -0.25) is 14.7 Å². The van der Waals surface area contributed by atoms with Gasteiger partial charge in [-0.2, -0.15) is 5.10 Å². The summed E-state index contributed by atoms with van der Waals surface area (Å²) in [4.78, 5) is 25.1. The second-order valence-electron chi connectivity index (χ2n) is 8.69. The first-order chi connectivity index (χ1) is 17.5. The molecule has 2 atom stereocenters. The molecule has 1 aliphatic heterocycles. The van der Waals surface area contributed by atoms with Crippen molar-refractivity contribution in [1.29, 1.82) is 0 Å². The van der Waals surface area contributed by atoms with Crippen LogP contribution in [0.2, 0.25) is 0 Å². The van der Waals surface area contributed by atoms with Crippen LogP contribution in [0.4, 0.5) is 0 Å². The van der Waals surface area contributed by atoms with Crippen LogP contribution in [0.25, 0.3) is 16.9 Å². The maximum atomic E-state index is 12.9. The smallest absolute Gasteiger partial charge is 0.254 e. The molecule has 5 rings (SSSR count). The van der Waals surface area contributed by atoms with Crippen molar-refractivity contribution < 1.29 is 19.4 Å². The molecule has 0 spiro atoms. The van der Waals surface area contributed by atoms with E-state index in [4.69, 9.17) is 14.6 Å². The van der Waals surface area contributed by atoms with Crippen LogP contribution in [0, 0.1) is 0 Å². The molecule has 4 heterocycles. The summed E-state index contributed by atoms with van der Waals surface area (Å²) in [6, 6.07) is 12.7. The number of ether oxygens (including phenoxy) is 2. The summed E-state index contributed by atoms with van der Waals surface area (Å²) in [7, 11) is 3.19. The van der Waals surface area contributed by atoms with E-state index >= 15 is 0 Å². The van der Waals surface area contributed by atoms with Crippen molar-refractivity contribution in [2.75, 3.05) is 33.9 Å². The van der Waals surface area contributed by atoms with Crippen molar-refractivity contribution in [3.05, 3.63) is 72.3 Å². The molecule has 1 aliphatic rings. The number of aromatic nitrogens is 4. The highest BCUT2D eigenvalue weighted by Gasteiger charge is 2.32. The van der Waals surface area contributed by atoms with Crippen LogP contribution < -0.4 is 9.47 Å². The summed E-state index contributed by atoms with van der Waals surface area (Å²) in [6.07, 6.45) is 4.02. The summed E-state index contributed by atoms with van der Waals surface area (Å²) in [5, 5.41) is 15.9. The van der Waals surface area contributed by atoms with Gasteiger partial charge in [0.25, 0.3) is 5.91 Å². The Hall–Kier alpha value is -4.02. The van der Waals surface area contributed by atoms with Crippen LogP contribution >= 0.6 is 0 Å². The van der Waals surface area contributed by atoms with Gasteiger partial charge in [-0.1, -0.05) is 0 Å². The fourth-order valence-corrected chi connectivity index (χ4v) is 4.61. The number of amides is 1. The number of carbonyl (C=O) groups excluding carboxylic acids is 1. The van der Waals surface area contributed by atoms with E-state index in [9.17, 15) is 9.90 Å². The van der Waals surface area contributed by atoms with Gasteiger partial charge in [0.05, 0.1) is 19.9 Å². The molecule has 0 bridgehead atoms. The third-order valence-electron chi connectivity index (χ3n) is 6.51. The predicted octanol–water partition coefficient (Wildman–Crippen LogP) is 2.65. The van der Waals surface area contributed by atoms with Crippen LogP contribution in [0.5, 0.6) is 11.5 Å². The maximum absolute atomic E-state index is 12.9. The highest BCUT2D eigenvalue weighted by atomic mass is 16.5. The Labute approximate surface area is 208 Å². The Morgan fingerprint density at radius 3 is 2.53 bits per heavy atom. The second kappa shape index (κ2) is 9.92. The van der Waals surface area contributed by atoms with Crippen LogP contribution in [0.1, 0.15) is 29.2 Å². The molecule has 0 aliphatic carbocycles. The third kappa shape index (κ3) is 4.36. The molecular formula is C26H28N6O4. The summed E-state index contributed by atoms with van der Waals surface area (Å²) in [5.74, 6) is 1.22. The molecule has 4 aromatic rings. The summed E-state index contributed by atoms with van der Waals surface area (Å²) in [5.41, 5.74) is 3.41. The first-order valence-corrected chi connectivity index (χ1v) is 11.7. The van der Waals surface area contributed by atoms with E-state index < -0.39 is 6.23 Å². The lowest BCUT2D eigenvalue weighted by molar-refractivity contribution is -0.0407. The molecule has 0 saturated carbocycles. The lowest BCUT2D eigenvalue weighted by atomic mass is 10.1. The number of fused-ring (bicyclic) bond motifs is 1. The highest BCUT2D eigenvalue weighted by Crippen LogP contribution is 2.32. The third-order valence-corrected chi connectivity index (χ3v) is 6.51. The van der Waals surface area contributed by atoms with Crippen molar-refractivity contribution in [3.63, 3.8) is 0 Å². The number of methoxy groups -OCH3 is 2. The number of aliphatic hydroxyl groups excluding tert-OH is 1. The van der Waals surface area contributed by atoms with Crippen LogP contribution in [-0.2, 0) is 0 Å². The molecule has 1 N–H and O–H groups in total. The first kappa shape index (κ1) is 23.7. The normalized spacial score (nSPS) is 17.2. The molecule has 1 saturated heterocycles. The van der Waals surface area contributed by atoms with Gasteiger partial charge in [-0.25, -0.2) is 9.50 Å². The summed E-state index contributed by atoms with van der Waals surface area (Å²) < 4.78 is 12.5. The van der Waals surface area contributed by atoms with Crippen molar-refractivity contribution in [3.8, 4) is 22.8 Å². The highest BCUT2D eigenvalue weighted by molar-refractivity contribution is 5.94. The van der Waals surface area contributed by atoms with Gasteiger partial charge in [-0.15, -0.1) is 0 Å². The predicted molar refractivity (Wildman–Crippen MR) is 133 cm³/mol. The minimum atomic E-state index is -0.925. The molecule has 10 heteroatoms. The molecule has 1 fully saturated rings. The molecule has 36 heavy (non-hydrogen) atoms. The lowest BCUT2D eigenvalue weighted by Gasteiger charge is -2.41. The molecule has 186 valence electrons. The minimum Gasteiger partial charge on any atom is -0.493 e. The summed E-state index contributed by atoms with van der Waals surface area (Å²) in [6.45, 7) is 3.52. The van der Waals surface area contributed by atoms with Gasteiger partial charge in [0.1, 0.15) is 5.69 Å². The van der Waals surface area contributed by atoms with Gasteiger partial charge in [0.15, 0.2) is 23.4 Å². The molecule has 10 nitrogen and oxygen atoms in total. The Morgan fingerprint density at radius 1 is 1.03 bits per heavy atom. The van der Waals surface area contributed by atoms with Crippen molar-refractivity contribution in [2.45, 2.75) is 19.2 Å². The molecule has 1 amide bonds. The summed E-state index contributed by atoms with van der Waals surface area (Å²) >= 11 is 0. The van der Waals surface area contributed by atoms with Crippen LogP contribution in [0.15, 0.2) is 61.1 Å². The van der Waals surface area contributed by atoms with Crippen LogP contribution in [-0.4, -0.2) is 80.3 Å². The van der Waals surface area contributed by atoms with Crippen molar-refractivity contribution in [1.82, 2.24) is 29.4 Å². The Bertz CT molecular complexity index is 1380. The Kier molecular flexibility index (Phi) is 6.53. The zero-order chi connectivity index (χ0) is 25.2. The molecule has 1 unspecified atom stereocenters. The van der Waals surface area contributed by atoms with Crippen molar-refractivity contribution in [2.24, 2.45) is 0 Å². The van der Waals surface area contributed by atoms with E-state index in [-0.39, 0.29) is 11.9 Å². The van der Waals surface area contributed by atoms with Gasteiger partial charge in [0, 0.05) is 61.5 Å². The quantitative estimate of drug-likeness (QED) is 0.442. The van der Waals surface area contributed by atoms with E-state index in [1.165, 1.54) is 0 Å². The van der Waals surface area contributed by atoms with E-state index in [1.54, 1.807) is 55.5 Å². The minimum absolute atomic E-state index is 0.0319. The number of pyridine rings is 1. The molecule has 0 radical (unpaired) electrons. The van der Waals surface area contributed by atoms with Crippen molar-refractivity contribution >= 4 is 11.6 Å². The Balaban J connectivity index is 1.37. The van der Waals surface area contributed by atoms with E-state index in [1.807, 2.05) is 41.0 Å². The van der Waals surface area contributed by atoms with Crippen LogP contribution in [0.3, 0.4) is 0 Å². The Morgan fingerprint density at radius 2 is 1.81 bits per heavy atom. The number of hydrogen-bond donors (Lipinski definition) is 1. The standard InChI is InChI=1S/C26H28N6O4/c1-17-16-30(12-13-31(17)25(33)18-6-9-27-10-7-18)26(34)20-15-24-28-11-8-21(32(24)29-20)19-4-5-22(35-2)23(14-19)36-3/h4-11,14-15,17,26,34H,12-13,16H2,1-3H3/t17-,26?/m0/s1. The number of benzene rings is 1. The fourth-order valence-electron chi connectivity index (χ4n) is 4.61.